The van der Waals surface area contributed by atoms with Crippen molar-refractivity contribution < 1.29 is 4.84 Å². The molecule has 2 N–H and O–H groups in total. The Morgan fingerprint density at radius 1 is 1.50 bits per heavy atom. The second-order valence-electron chi connectivity index (χ2n) is 3.12. The van der Waals surface area contributed by atoms with Crippen molar-refractivity contribution in [1.29, 1.82) is 0 Å². The molecule has 0 amide bonds. The first-order valence-electron chi connectivity index (χ1n) is 4.27. The minimum absolute atomic E-state index is 0.302. The SMILES string of the molecule is CC(C)=NOCc1c(N)cccc1Cl. The van der Waals surface area contributed by atoms with Gasteiger partial charge in [-0.3, -0.25) is 0 Å². The molecule has 0 saturated heterocycles. The molecule has 1 rings (SSSR count). The largest absolute Gasteiger partial charge is 0.398 e. The zero-order chi connectivity index (χ0) is 10.6. The number of nitrogens with zero attached hydrogens (tertiary/aromatic N) is 1. The van der Waals surface area contributed by atoms with Crippen molar-refractivity contribution in [2.75, 3.05) is 5.73 Å². The van der Waals surface area contributed by atoms with E-state index in [9.17, 15) is 0 Å². The molecule has 0 aliphatic heterocycles. The van der Waals surface area contributed by atoms with E-state index in [1.807, 2.05) is 13.8 Å². The van der Waals surface area contributed by atoms with E-state index in [0.29, 0.717) is 17.3 Å². The highest BCUT2D eigenvalue weighted by Crippen LogP contribution is 2.22. The molecule has 14 heavy (non-hydrogen) atoms. The van der Waals surface area contributed by atoms with Crippen LogP contribution in [-0.4, -0.2) is 5.71 Å². The number of halogens is 1. The lowest BCUT2D eigenvalue weighted by Crippen LogP contribution is -1.97. The minimum atomic E-state index is 0.302. The summed E-state index contributed by atoms with van der Waals surface area (Å²) in [5.74, 6) is 0. The monoisotopic (exact) mass is 212 g/mol. The topological polar surface area (TPSA) is 47.6 Å². The van der Waals surface area contributed by atoms with Gasteiger partial charge in [0, 0.05) is 16.3 Å². The molecular formula is C10H13ClN2O. The maximum Gasteiger partial charge on any atom is 0.145 e. The molecule has 0 heterocycles. The van der Waals surface area contributed by atoms with E-state index in [-0.39, 0.29) is 0 Å². The molecule has 0 bridgehead atoms. The van der Waals surface area contributed by atoms with E-state index in [0.717, 1.165) is 11.3 Å². The van der Waals surface area contributed by atoms with E-state index in [1.54, 1.807) is 18.2 Å². The van der Waals surface area contributed by atoms with Crippen LogP contribution in [0.15, 0.2) is 23.4 Å². The van der Waals surface area contributed by atoms with Crippen molar-refractivity contribution in [3.8, 4) is 0 Å². The van der Waals surface area contributed by atoms with Gasteiger partial charge in [0.2, 0.25) is 0 Å². The van der Waals surface area contributed by atoms with Crippen LogP contribution >= 0.6 is 11.6 Å². The lowest BCUT2D eigenvalue weighted by atomic mass is 10.2. The Hall–Kier alpha value is -1.22. The maximum absolute atomic E-state index is 5.94. The van der Waals surface area contributed by atoms with Gasteiger partial charge in [-0.25, -0.2) is 0 Å². The fraction of sp³-hybridized carbons (Fsp3) is 0.300. The molecule has 0 radical (unpaired) electrons. The summed E-state index contributed by atoms with van der Waals surface area (Å²) in [5, 5.41) is 4.41. The van der Waals surface area contributed by atoms with Crippen LogP contribution in [0, 0.1) is 0 Å². The van der Waals surface area contributed by atoms with Gasteiger partial charge in [-0.2, -0.15) is 0 Å². The number of nitrogen functional groups attached to an aromatic ring is 1. The Kier molecular flexibility index (Phi) is 3.77. The van der Waals surface area contributed by atoms with Crippen LogP contribution in [0.3, 0.4) is 0 Å². The van der Waals surface area contributed by atoms with Crippen molar-refractivity contribution in [3.05, 3.63) is 28.8 Å². The standard InChI is InChI=1S/C10H13ClN2O/c1-7(2)13-14-6-8-9(11)4-3-5-10(8)12/h3-5H,6,12H2,1-2H3. The fourth-order valence-corrected chi connectivity index (χ4v) is 1.19. The predicted molar refractivity (Wildman–Crippen MR) is 59.4 cm³/mol. The maximum atomic E-state index is 5.94. The fourth-order valence-electron chi connectivity index (χ4n) is 0.954. The van der Waals surface area contributed by atoms with Gasteiger partial charge in [-0.15, -0.1) is 0 Å². The number of anilines is 1. The molecule has 0 aromatic heterocycles. The summed E-state index contributed by atoms with van der Waals surface area (Å²) < 4.78 is 0. The third-order valence-electron chi connectivity index (χ3n) is 1.61. The molecular weight excluding hydrogens is 200 g/mol. The van der Waals surface area contributed by atoms with Crippen molar-refractivity contribution in [3.63, 3.8) is 0 Å². The molecule has 0 atom stereocenters. The Bertz CT molecular complexity index is 326. The van der Waals surface area contributed by atoms with Crippen LogP contribution < -0.4 is 5.73 Å². The van der Waals surface area contributed by atoms with Crippen LogP contribution in [-0.2, 0) is 11.4 Å². The summed E-state index contributed by atoms with van der Waals surface area (Å²) in [7, 11) is 0. The Morgan fingerprint density at radius 2 is 2.21 bits per heavy atom. The summed E-state index contributed by atoms with van der Waals surface area (Å²) in [6, 6.07) is 5.36. The zero-order valence-corrected chi connectivity index (χ0v) is 9.01. The normalized spacial score (nSPS) is 9.64. The summed E-state index contributed by atoms with van der Waals surface area (Å²) in [5.41, 5.74) is 7.99. The van der Waals surface area contributed by atoms with Crippen molar-refractivity contribution in [2.45, 2.75) is 20.5 Å². The molecule has 0 aliphatic carbocycles. The van der Waals surface area contributed by atoms with E-state index in [2.05, 4.69) is 5.16 Å². The third kappa shape index (κ3) is 2.92. The first kappa shape index (κ1) is 10.9. The molecule has 1 aromatic carbocycles. The number of oxime groups is 1. The van der Waals surface area contributed by atoms with Gasteiger partial charge in [0.25, 0.3) is 0 Å². The van der Waals surface area contributed by atoms with Gasteiger partial charge in [0.05, 0.1) is 5.71 Å². The number of benzene rings is 1. The van der Waals surface area contributed by atoms with Crippen LogP contribution in [0.2, 0.25) is 5.02 Å². The Morgan fingerprint density at radius 3 is 2.79 bits per heavy atom. The molecule has 3 nitrogen and oxygen atoms in total. The van der Waals surface area contributed by atoms with Gasteiger partial charge >= 0.3 is 0 Å². The highest BCUT2D eigenvalue weighted by Gasteiger charge is 2.04. The second-order valence-corrected chi connectivity index (χ2v) is 3.53. The molecule has 0 aliphatic rings. The van der Waals surface area contributed by atoms with Crippen molar-refractivity contribution >= 4 is 23.0 Å². The highest BCUT2D eigenvalue weighted by atomic mass is 35.5. The van der Waals surface area contributed by atoms with E-state index < -0.39 is 0 Å². The Labute approximate surface area is 88.5 Å². The summed E-state index contributed by atoms with van der Waals surface area (Å²) >= 11 is 5.94. The average molecular weight is 213 g/mol. The van der Waals surface area contributed by atoms with Crippen molar-refractivity contribution in [1.82, 2.24) is 0 Å². The molecule has 0 saturated carbocycles. The lowest BCUT2D eigenvalue weighted by Gasteiger charge is -2.06. The third-order valence-corrected chi connectivity index (χ3v) is 1.97. The van der Waals surface area contributed by atoms with E-state index in [4.69, 9.17) is 22.2 Å². The molecule has 0 spiro atoms. The second kappa shape index (κ2) is 4.86. The smallest absolute Gasteiger partial charge is 0.145 e. The molecule has 0 unspecified atom stereocenters. The highest BCUT2D eigenvalue weighted by molar-refractivity contribution is 6.31. The number of rotatable bonds is 3. The zero-order valence-electron chi connectivity index (χ0n) is 8.25. The van der Waals surface area contributed by atoms with Crippen LogP contribution in [0.1, 0.15) is 19.4 Å². The first-order chi connectivity index (χ1) is 6.61. The number of hydrogen-bond acceptors (Lipinski definition) is 3. The first-order valence-corrected chi connectivity index (χ1v) is 4.65. The van der Waals surface area contributed by atoms with E-state index >= 15 is 0 Å². The van der Waals surface area contributed by atoms with Gasteiger partial charge in [0.15, 0.2) is 0 Å². The summed E-state index contributed by atoms with van der Waals surface area (Å²) in [4.78, 5) is 5.07. The van der Waals surface area contributed by atoms with Gasteiger partial charge in [-0.1, -0.05) is 22.8 Å². The average Bonchev–Trinajstić information content (AvgIpc) is 2.09. The Balaban J connectivity index is 2.71. The number of hydrogen-bond donors (Lipinski definition) is 1. The minimum Gasteiger partial charge on any atom is -0.398 e. The molecule has 0 fully saturated rings. The number of nitrogens with two attached hydrogens (primary N) is 1. The van der Waals surface area contributed by atoms with Gasteiger partial charge in [-0.05, 0) is 26.0 Å². The molecule has 76 valence electrons. The van der Waals surface area contributed by atoms with Crippen molar-refractivity contribution in [2.24, 2.45) is 5.16 Å². The van der Waals surface area contributed by atoms with E-state index in [1.165, 1.54) is 0 Å². The predicted octanol–water partition coefficient (Wildman–Crippen LogP) is 2.83. The molecule has 1 aromatic rings. The van der Waals surface area contributed by atoms with Gasteiger partial charge in [0.1, 0.15) is 6.61 Å². The van der Waals surface area contributed by atoms with Gasteiger partial charge < -0.3 is 10.6 Å². The summed E-state index contributed by atoms with van der Waals surface area (Å²) in [6.45, 7) is 4.02. The van der Waals surface area contributed by atoms with Crippen LogP contribution in [0.25, 0.3) is 0 Å². The lowest BCUT2D eigenvalue weighted by molar-refractivity contribution is 0.130. The molecule has 4 heteroatoms. The van der Waals surface area contributed by atoms with Crippen LogP contribution in [0.4, 0.5) is 5.69 Å². The quantitative estimate of drug-likeness (QED) is 0.476. The van der Waals surface area contributed by atoms with Crippen LogP contribution in [0.5, 0.6) is 0 Å². The summed E-state index contributed by atoms with van der Waals surface area (Å²) in [6.07, 6.45) is 0.